The number of rotatable bonds is 5. The zero-order valence-electron chi connectivity index (χ0n) is 10.5. The minimum absolute atomic E-state index is 0.0368. The average molecular weight is 294 g/mol. The second-order valence-electron chi connectivity index (χ2n) is 4.58. The molecule has 0 amide bonds. The average Bonchev–Trinajstić information content (AvgIpc) is 2.23. The van der Waals surface area contributed by atoms with Crippen molar-refractivity contribution in [3.05, 3.63) is 29.8 Å². The van der Waals surface area contributed by atoms with Crippen LogP contribution in [0.2, 0.25) is 0 Å². The van der Waals surface area contributed by atoms with Crippen LogP contribution in [-0.2, 0) is 15.5 Å². The highest BCUT2D eigenvalue weighted by molar-refractivity contribution is 7.63. The number of halogens is 3. The Morgan fingerprint density at radius 3 is 2.47 bits per heavy atom. The molecular weight excluding hydrogens is 280 g/mol. The summed E-state index contributed by atoms with van der Waals surface area (Å²) in [5, 5.41) is 0. The van der Waals surface area contributed by atoms with Crippen molar-refractivity contribution in [2.75, 3.05) is 26.1 Å². The van der Waals surface area contributed by atoms with Crippen LogP contribution in [0.1, 0.15) is 5.56 Å². The third kappa shape index (κ3) is 5.92. The molecule has 0 aliphatic rings. The second kappa shape index (κ2) is 5.78. The molecule has 7 heteroatoms. The monoisotopic (exact) mass is 294 g/mol. The topological polar surface area (TPSA) is 43.4 Å². The fraction of sp³-hybridized carbons (Fsp3) is 0.417. The molecule has 1 aromatic carbocycles. The molecule has 1 aromatic rings. The quantitative estimate of drug-likeness (QED) is 0.783. The molecule has 0 spiro atoms. The van der Waals surface area contributed by atoms with Gasteiger partial charge in [-0.2, -0.15) is 13.2 Å². The lowest BCUT2D eigenvalue weighted by atomic mass is 10.2. The summed E-state index contributed by atoms with van der Waals surface area (Å²) in [7, 11) is -2.49. The minimum atomic E-state index is -4.45. The molecule has 0 atom stereocenters. The number of benzene rings is 1. The molecule has 106 valence electrons. The van der Waals surface area contributed by atoms with Crippen LogP contribution >= 0.6 is 7.14 Å². The van der Waals surface area contributed by atoms with Gasteiger partial charge in [0.1, 0.15) is 12.4 Å². The van der Waals surface area contributed by atoms with Crippen LogP contribution in [0.15, 0.2) is 24.3 Å². The Kier molecular flexibility index (Phi) is 4.80. The van der Waals surface area contributed by atoms with Gasteiger partial charge >= 0.3 is 6.18 Å². The molecule has 0 saturated carbocycles. The Morgan fingerprint density at radius 1 is 1.32 bits per heavy atom. The van der Waals surface area contributed by atoms with Crippen LogP contribution in [0, 0.1) is 0 Å². The van der Waals surface area contributed by atoms with Gasteiger partial charge in [-0.15, -0.1) is 0 Å². The van der Waals surface area contributed by atoms with Crippen LogP contribution in [0.3, 0.4) is 0 Å². The molecule has 0 unspecified atom stereocenters. The van der Waals surface area contributed by atoms with E-state index in [1.54, 1.807) is 0 Å². The van der Waals surface area contributed by atoms with Crippen molar-refractivity contribution < 1.29 is 27.3 Å². The summed E-state index contributed by atoms with van der Waals surface area (Å²) in [6.07, 6.45) is -4.57. The van der Waals surface area contributed by atoms with Crippen LogP contribution in [-0.4, -0.2) is 31.9 Å². The van der Waals surface area contributed by atoms with Crippen molar-refractivity contribution in [3.8, 4) is 5.75 Å². The van der Waals surface area contributed by atoms with E-state index in [-0.39, 0.29) is 18.5 Å². The fourth-order valence-corrected chi connectivity index (χ4v) is 2.34. The van der Waals surface area contributed by atoms with Crippen molar-refractivity contribution in [2.24, 2.45) is 0 Å². The van der Waals surface area contributed by atoms with Gasteiger partial charge in [0.05, 0.1) is 18.9 Å². The van der Waals surface area contributed by atoms with Gasteiger partial charge in [0, 0.05) is 0 Å². The third-order valence-electron chi connectivity index (χ3n) is 2.12. The number of hydrogen-bond acceptors (Lipinski definition) is 3. The van der Waals surface area contributed by atoms with Crippen molar-refractivity contribution in [1.29, 1.82) is 0 Å². The van der Waals surface area contributed by atoms with E-state index in [1.165, 1.54) is 25.5 Å². The maximum Gasteiger partial charge on any atom is 0.416 e. The van der Waals surface area contributed by atoms with E-state index in [1.807, 2.05) is 0 Å². The Balaban J connectivity index is 2.64. The Hall–Kier alpha value is -1.29. The van der Waals surface area contributed by atoms with Gasteiger partial charge in [-0.3, -0.25) is 4.79 Å². The molecule has 0 N–H and O–H groups in total. The molecular formula is C12H14F3O3P. The predicted octanol–water partition coefficient (Wildman–Crippen LogP) is 3.28. The molecule has 19 heavy (non-hydrogen) atoms. The van der Waals surface area contributed by atoms with Crippen molar-refractivity contribution >= 4 is 12.9 Å². The highest BCUT2D eigenvalue weighted by Gasteiger charge is 2.30. The molecule has 0 aliphatic heterocycles. The molecule has 0 bridgehead atoms. The molecule has 0 aromatic heterocycles. The molecule has 1 rings (SSSR count). The van der Waals surface area contributed by atoms with Crippen LogP contribution in [0.5, 0.6) is 5.75 Å². The third-order valence-corrected chi connectivity index (χ3v) is 3.23. The smallest absolute Gasteiger partial charge is 0.416 e. The zero-order chi connectivity index (χ0) is 14.7. The number of carbonyl (C=O) groups excluding carboxylic acids is 1. The van der Waals surface area contributed by atoms with Crippen LogP contribution in [0.25, 0.3) is 0 Å². The van der Waals surface area contributed by atoms with Crippen LogP contribution < -0.4 is 4.74 Å². The van der Waals surface area contributed by atoms with Crippen molar-refractivity contribution in [3.63, 3.8) is 0 Å². The summed E-state index contributed by atoms with van der Waals surface area (Å²) in [4.78, 5) is 11.4. The first kappa shape index (κ1) is 15.8. The minimum Gasteiger partial charge on any atom is -0.486 e. The van der Waals surface area contributed by atoms with Gasteiger partial charge in [0.25, 0.3) is 0 Å². The Labute approximate surface area is 109 Å². The first-order chi connectivity index (χ1) is 8.58. The number of carbonyl (C=O) groups is 1. The number of hydrogen-bond donors (Lipinski definition) is 0. The number of Topliss-reactive ketones (excluding diaryl/α,β-unsaturated/α-hetero) is 1. The zero-order valence-corrected chi connectivity index (χ0v) is 11.4. The number of ether oxygens (including phenoxy) is 1. The second-order valence-corrected chi connectivity index (χ2v) is 8.05. The van der Waals surface area contributed by atoms with E-state index in [0.717, 1.165) is 12.1 Å². The Bertz CT molecular complexity index is 505. The summed E-state index contributed by atoms with van der Waals surface area (Å²) in [5.41, 5.74) is -0.839. The SMILES string of the molecule is CP(C)(=O)CC(=O)COc1cccc(C(F)(F)F)c1. The molecule has 0 radical (unpaired) electrons. The summed E-state index contributed by atoms with van der Waals surface area (Å²) >= 11 is 0. The van der Waals surface area contributed by atoms with E-state index < -0.39 is 24.7 Å². The first-order valence-electron chi connectivity index (χ1n) is 5.44. The molecule has 0 saturated heterocycles. The summed E-state index contributed by atoms with van der Waals surface area (Å²) in [6.45, 7) is 2.55. The van der Waals surface area contributed by atoms with Gasteiger partial charge in [-0.25, -0.2) is 0 Å². The standard InChI is InChI=1S/C12H14F3O3P/c1-19(2,17)8-10(16)7-18-11-5-3-4-9(6-11)12(13,14)15/h3-6H,7-8H2,1-2H3. The van der Waals surface area contributed by atoms with E-state index in [9.17, 15) is 22.5 Å². The maximum atomic E-state index is 12.4. The number of ketones is 1. The van der Waals surface area contributed by atoms with Gasteiger partial charge in [0.15, 0.2) is 5.78 Å². The van der Waals surface area contributed by atoms with E-state index in [0.29, 0.717) is 0 Å². The lowest BCUT2D eigenvalue weighted by Gasteiger charge is -2.10. The molecule has 0 heterocycles. The maximum absolute atomic E-state index is 12.4. The first-order valence-corrected chi connectivity index (χ1v) is 8.22. The predicted molar refractivity (Wildman–Crippen MR) is 66.3 cm³/mol. The number of alkyl halides is 3. The van der Waals surface area contributed by atoms with Gasteiger partial charge in [-0.05, 0) is 31.5 Å². The highest BCUT2D eigenvalue weighted by atomic mass is 31.2. The largest absolute Gasteiger partial charge is 0.486 e. The van der Waals surface area contributed by atoms with Gasteiger partial charge in [-0.1, -0.05) is 6.07 Å². The van der Waals surface area contributed by atoms with E-state index in [4.69, 9.17) is 4.74 Å². The van der Waals surface area contributed by atoms with Crippen molar-refractivity contribution in [1.82, 2.24) is 0 Å². The summed E-state index contributed by atoms with van der Waals surface area (Å²) < 4.78 is 53.7. The van der Waals surface area contributed by atoms with Gasteiger partial charge in [0.2, 0.25) is 0 Å². The highest BCUT2D eigenvalue weighted by Crippen LogP contribution is 2.35. The van der Waals surface area contributed by atoms with Crippen LogP contribution in [0.4, 0.5) is 13.2 Å². The summed E-state index contributed by atoms with van der Waals surface area (Å²) in [5.74, 6) is -0.434. The normalized spacial score (nSPS) is 12.3. The fourth-order valence-electron chi connectivity index (χ4n) is 1.40. The van der Waals surface area contributed by atoms with E-state index >= 15 is 0 Å². The molecule has 0 aliphatic carbocycles. The Morgan fingerprint density at radius 2 is 1.95 bits per heavy atom. The van der Waals surface area contributed by atoms with Gasteiger partial charge < -0.3 is 9.30 Å². The lowest BCUT2D eigenvalue weighted by Crippen LogP contribution is -2.15. The van der Waals surface area contributed by atoms with Crippen molar-refractivity contribution in [2.45, 2.75) is 6.18 Å². The lowest BCUT2D eigenvalue weighted by molar-refractivity contribution is -0.137. The van der Waals surface area contributed by atoms with E-state index in [2.05, 4.69) is 0 Å². The molecule has 3 nitrogen and oxygen atoms in total. The molecule has 0 fully saturated rings. The summed E-state index contributed by atoms with van der Waals surface area (Å²) in [6, 6.07) is 4.28.